The number of hydrogen-bond acceptors (Lipinski definition) is 1. The van der Waals surface area contributed by atoms with Crippen molar-refractivity contribution in [3.05, 3.63) is 129 Å². The summed E-state index contributed by atoms with van der Waals surface area (Å²) in [4.78, 5) is 0.832. The average Bonchev–Trinajstić information content (AvgIpc) is 3.80. The molecule has 7 heteroatoms. The van der Waals surface area contributed by atoms with Crippen molar-refractivity contribution in [2.45, 2.75) is 151 Å². The Morgan fingerprint density at radius 1 is 0.559 bits per heavy atom. The van der Waals surface area contributed by atoms with Gasteiger partial charge in [0, 0.05) is 0 Å². The molecule has 0 saturated carbocycles. The molecule has 0 spiro atoms. The van der Waals surface area contributed by atoms with Crippen LogP contribution in [-0.4, -0.2) is 25.6 Å². The SMILES string of the molecule is CCCCC1=Cc2c(-c3ccccc3C(C)CC)cccc2[CH]1[Zr]([Cl])([Cl])([BH]N([Si](C)(C)C)[Si](C)(C)C)[CH]1C(CCCC)=Cc2c(-c3ccccc3C(C)CC)cccc21. The van der Waals surface area contributed by atoms with Crippen molar-refractivity contribution in [2.24, 2.45) is 0 Å². The summed E-state index contributed by atoms with van der Waals surface area (Å²) >= 11 is -5.36. The Morgan fingerprint density at radius 2 is 0.932 bits per heavy atom. The standard InChI is InChI=1S/2C23H27.C6H19BNSi2.2ClH.Zr/c2*1-4-6-10-18-15-19-11-9-14-22(23(19)16-18)21-13-8-7-12-20(21)17(3)5-2;1-9(2,3)8(7)10(4,5)6;;;/h2*7-9,11-17H,4-6,10H2,1-3H3;7H,1-6H3;2*1H;/q;;+1;;;+1/p-2. The van der Waals surface area contributed by atoms with E-state index in [0.717, 1.165) is 56.3 Å². The van der Waals surface area contributed by atoms with Crippen molar-refractivity contribution in [1.29, 1.82) is 0 Å². The third-order valence-electron chi connectivity index (χ3n) is 14.0. The minimum atomic E-state index is -5.36. The summed E-state index contributed by atoms with van der Waals surface area (Å²) in [6.07, 6.45) is 14.0. The molecule has 2 aliphatic rings. The summed E-state index contributed by atoms with van der Waals surface area (Å²) in [5.41, 5.74) is 16.7. The number of unbranched alkanes of at least 4 members (excludes halogenated alkanes) is 2. The fourth-order valence-electron chi connectivity index (χ4n) is 10.9. The molecule has 0 fully saturated rings. The van der Waals surface area contributed by atoms with Crippen LogP contribution in [0, 0.1) is 0 Å². The van der Waals surface area contributed by atoms with Gasteiger partial charge in [-0.25, -0.2) is 0 Å². The van der Waals surface area contributed by atoms with Gasteiger partial charge >= 0.3 is 374 Å². The zero-order chi connectivity index (χ0) is 42.9. The minimum absolute atomic E-state index is 0.0178. The second-order valence-electron chi connectivity index (χ2n) is 20.2. The molecule has 4 aromatic rings. The van der Waals surface area contributed by atoms with Crippen molar-refractivity contribution in [2.75, 3.05) is 0 Å². The van der Waals surface area contributed by atoms with Gasteiger partial charge in [0.25, 0.3) is 0 Å². The van der Waals surface area contributed by atoms with Crippen molar-refractivity contribution < 1.29 is 16.2 Å². The molecule has 0 aromatic heterocycles. The van der Waals surface area contributed by atoms with Crippen LogP contribution >= 0.6 is 17.0 Å². The second kappa shape index (κ2) is 18.6. The Morgan fingerprint density at radius 3 is 1.29 bits per heavy atom. The molecular weight excluding hydrogens is 868 g/mol. The van der Waals surface area contributed by atoms with Crippen LogP contribution in [0.5, 0.6) is 0 Å². The summed E-state index contributed by atoms with van der Waals surface area (Å²) in [7, 11) is 14.8. The van der Waals surface area contributed by atoms with Crippen LogP contribution in [0.25, 0.3) is 34.4 Å². The summed E-state index contributed by atoms with van der Waals surface area (Å²) in [6.45, 7) is 29.2. The van der Waals surface area contributed by atoms with E-state index >= 15 is 0 Å². The Kier molecular flexibility index (Phi) is 14.7. The Labute approximate surface area is 370 Å². The number of halogens is 2. The number of rotatable bonds is 18. The molecule has 59 heavy (non-hydrogen) atoms. The average molecular weight is 941 g/mol. The van der Waals surface area contributed by atoms with Crippen LogP contribution in [0.2, 0.25) is 39.3 Å². The van der Waals surface area contributed by atoms with Crippen molar-refractivity contribution >= 4 is 50.6 Å². The van der Waals surface area contributed by atoms with Gasteiger partial charge in [-0.15, -0.1) is 0 Å². The van der Waals surface area contributed by atoms with E-state index in [-0.39, 0.29) is 7.25 Å². The molecule has 0 saturated heterocycles. The third-order valence-corrected chi connectivity index (χ3v) is 41.1. The predicted octanol–water partition coefficient (Wildman–Crippen LogP) is 17.2. The van der Waals surface area contributed by atoms with E-state index in [2.05, 4.69) is 182 Å². The molecule has 4 aromatic carbocycles. The van der Waals surface area contributed by atoms with Gasteiger partial charge in [-0.1, -0.05) is 0 Å². The Bertz CT molecular complexity index is 2050. The fraction of sp³-hybridized carbons (Fsp3) is 0.462. The predicted molar refractivity (Wildman–Crippen MR) is 269 cm³/mol. The number of hydrogen-bond donors (Lipinski definition) is 0. The number of fused-ring (bicyclic) bond motifs is 2. The van der Waals surface area contributed by atoms with Gasteiger partial charge in [0.1, 0.15) is 0 Å². The van der Waals surface area contributed by atoms with Crippen LogP contribution in [0.1, 0.15) is 145 Å². The third kappa shape index (κ3) is 9.20. The molecule has 0 radical (unpaired) electrons. The van der Waals surface area contributed by atoms with Gasteiger partial charge in [0.15, 0.2) is 0 Å². The molecule has 0 bridgehead atoms. The van der Waals surface area contributed by atoms with Gasteiger partial charge < -0.3 is 0 Å². The molecule has 1 nitrogen and oxygen atoms in total. The molecule has 0 amide bonds. The number of benzene rings is 4. The van der Waals surface area contributed by atoms with Crippen LogP contribution in [-0.2, 0) is 16.2 Å². The molecule has 4 atom stereocenters. The van der Waals surface area contributed by atoms with Gasteiger partial charge in [-0.3, -0.25) is 0 Å². The summed E-state index contributed by atoms with van der Waals surface area (Å²) in [5, 5.41) is 0. The monoisotopic (exact) mass is 938 g/mol. The maximum absolute atomic E-state index is 9.32. The van der Waals surface area contributed by atoms with Crippen LogP contribution in [0.15, 0.2) is 96.1 Å². The zero-order valence-electron chi connectivity index (χ0n) is 38.6. The molecule has 0 aliphatic heterocycles. The first kappa shape index (κ1) is 46.8. The van der Waals surface area contributed by atoms with Crippen molar-refractivity contribution in [1.82, 2.24) is 4.14 Å². The van der Waals surface area contributed by atoms with Crippen LogP contribution < -0.4 is 0 Å². The fourth-order valence-corrected chi connectivity index (χ4v) is 53.2. The van der Waals surface area contributed by atoms with Gasteiger partial charge in [-0.2, -0.15) is 0 Å². The molecule has 0 N–H and O–H groups in total. The number of nitrogens with zero attached hydrogens (tertiary/aromatic N) is 1. The molecule has 315 valence electrons. The van der Waals surface area contributed by atoms with Gasteiger partial charge in [-0.05, 0) is 0 Å². The van der Waals surface area contributed by atoms with E-state index in [4.69, 9.17) is 0 Å². The first-order valence-electron chi connectivity index (χ1n) is 23.1. The summed E-state index contributed by atoms with van der Waals surface area (Å²) in [6, 6.07) is 32.5. The zero-order valence-corrected chi connectivity index (χ0v) is 44.6. The van der Waals surface area contributed by atoms with E-state index in [9.17, 15) is 17.0 Å². The summed E-state index contributed by atoms with van der Waals surface area (Å²) < 4.78 is 3.01. The second-order valence-corrected chi connectivity index (χ2v) is 52.4. The van der Waals surface area contributed by atoms with E-state index in [1.54, 1.807) is 0 Å². The quantitative estimate of drug-likeness (QED) is 0.0899. The van der Waals surface area contributed by atoms with Gasteiger partial charge in [0.2, 0.25) is 0 Å². The number of allylic oxidation sites excluding steroid dienone is 2. The molecule has 4 unspecified atom stereocenters. The normalized spacial score (nSPS) is 18.5. The van der Waals surface area contributed by atoms with Crippen molar-refractivity contribution in [3.63, 3.8) is 0 Å². The van der Waals surface area contributed by atoms with E-state index in [1.165, 1.54) is 66.8 Å². The first-order valence-corrected chi connectivity index (χ1v) is 40.9. The van der Waals surface area contributed by atoms with E-state index in [0.29, 0.717) is 11.8 Å². The van der Waals surface area contributed by atoms with E-state index < -0.39 is 32.6 Å². The Balaban J connectivity index is 1.70. The van der Waals surface area contributed by atoms with Crippen LogP contribution in [0.4, 0.5) is 0 Å². The van der Waals surface area contributed by atoms with Crippen molar-refractivity contribution in [3.8, 4) is 22.3 Å². The summed E-state index contributed by atoms with van der Waals surface area (Å²) in [5.74, 6) is 0.938. The Hall–Kier alpha value is -1.72. The molecule has 0 heterocycles. The molecular formula is C52H73BCl2NSi2Zr. The van der Waals surface area contributed by atoms with E-state index in [1.807, 2.05) is 0 Å². The molecule has 6 rings (SSSR count). The van der Waals surface area contributed by atoms with Crippen LogP contribution in [0.3, 0.4) is 0 Å². The topological polar surface area (TPSA) is 3.24 Å². The maximum atomic E-state index is 9.32. The van der Waals surface area contributed by atoms with Gasteiger partial charge in [0.05, 0.1) is 0 Å². The first-order chi connectivity index (χ1) is 27.9. The molecule has 2 aliphatic carbocycles.